The Labute approximate surface area is 161 Å². The summed E-state index contributed by atoms with van der Waals surface area (Å²) in [4.78, 5) is 12.6. The van der Waals surface area contributed by atoms with E-state index in [-0.39, 0.29) is 12.5 Å². The summed E-state index contributed by atoms with van der Waals surface area (Å²) in [6, 6.07) is 11.1. The number of rotatable bonds is 4. The number of fused-ring (bicyclic) bond motifs is 3. The van der Waals surface area contributed by atoms with E-state index in [1.807, 2.05) is 25.1 Å². The maximum absolute atomic E-state index is 12.6. The van der Waals surface area contributed by atoms with Crippen LogP contribution in [0, 0.1) is 6.92 Å². The number of carbonyl (C=O) groups excluding carboxylic acids is 1. The molecule has 7 heteroatoms. The summed E-state index contributed by atoms with van der Waals surface area (Å²) in [6.45, 7) is 2.53. The van der Waals surface area contributed by atoms with Crippen molar-refractivity contribution in [3.63, 3.8) is 0 Å². The van der Waals surface area contributed by atoms with E-state index in [0.717, 1.165) is 28.1 Å². The third-order valence-electron chi connectivity index (χ3n) is 4.42. The molecule has 0 fully saturated rings. The van der Waals surface area contributed by atoms with E-state index in [0.29, 0.717) is 23.1 Å². The molecule has 4 rings (SSSR count). The van der Waals surface area contributed by atoms with Gasteiger partial charge in [-0.3, -0.25) is 9.48 Å². The fraction of sp³-hybridized carbons (Fsp3) is 0.200. The molecule has 2 heterocycles. The Morgan fingerprint density at radius 2 is 2.19 bits per heavy atom. The van der Waals surface area contributed by atoms with E-state index >= 15 is 0 Å². The number of anilines is 1. The van der Waals surface area contributed by atoms with Gasteiger partial charge in [0.15, 0.2) is 0 Å². The molecule has 1 aliphatic heterocycles. The second-order valence-corrected chi connectivity index (χ2v) is 6.79. The van der Waals surface area contributed by atoms with Gasteiger partial charge >= 0.3 is 0 Å². The first-order valence-corrected chi connectivity index (χ1v) is 8.85. The maximum atomic E-state index is 12.6. The number of aryl methyl sites for hydroxylation is 1. The zero-order valence-corrected chi connectivity index (χ0v) is 15.7. The molecular formula is C20H18ClN3O3. The molecular weight excluding hydrogens is 366 g/mol. The van der Waals surface area contributed by atoms with Crippen LogP contribution in [0.5, 0.6) is 11.5 Å². The van der Waals surface area contributed by atoms with Gasteiger partial charge in [-0.2, -0.15) is 5.10 Å². The van der Waals surface area contributed by atoms with Crippen molar-refractivity contribution in [1.29, 1.82) is 0 Å². The van der Waals surface area contributed by atoms with Crippen LogP contribution in [0.25, 0.3) is 11.3 Å². The zero-order chi connectivity index (χ0) is 19.0. The number of carbonyl (C=O) groups is 1. The van der Waals surface area contributed by atoms with Gasteiger partial charge in [0.05, 0.1) is 24.7 Å². The average Bonchev–Trinajstić information content (AvgIpc) is 3.05. The van der Waals surface area contributed by atoms with Gasteiger partial charge in [-0.1, -0.05) is 23.2 Å². The number of benzene rings is 2. The summed E-state index contributed by atoms with van der Waals surface area (Å²) in [5.41, 5.74) is 4.46. The molecule has 1 aliphatic rings. The van der Waals surface area contributed by atoms with Gasteiger partial charge in [-0.25, -0.2) is 0 Å². The molecule has 0 aliphatic carbocycles. The van der Waals surface area contributed by atoms with Crippen LogP contribution in [-0.4, -0.2) is 22.8 Å². The van der Waals surface area contributed by atoms with Crippen LogP contribution in [0.2, 0.25) is 5.02 Å². The number of hydrogen-bond acceptors (Lipinski definition) is 4. The number of halogens is 1. The van der Waals surface area contributed by atoms with Gasteiger partial charge < -0.3 is 14.8 Å². The molecule has 0 saturated carbocycles. The summed E-state index contributed by atoms with van der Waals surface area (Å²) in [6.07, 6.45) is 1.74. The van der Waals surface area contributed by atoms with Crippen LogP contribution in [0.3, 0.4) is 0 Å². The number of methoxy groups -OCH3 is 1. The number of nitrogens with one attached hydrogen (secondary N) is 1. The van der Waals surface area contributed by atoms with E-state index in [9.17, 15) is 4.79 Å². The van der Waals surface area contributed by atoms with E-state index < -0.39 is 0 Å². The first-order valence-electron chi connectivity index (χ1n) is 8.47. The van der Waals surface area contributed by atoms with E-state index in [2.05, 4.69) is 10.4 Å². The number of aromatic nitrogens is 2. The van der Waals surface area contributed by atoms with Gasteiger partial charge in [0.2, 0.25) is 5.91 Å². The summed E-state index contributed by atoms with van der Waals surface area (Å²) in [5, 5.41) is 7.75. The van der Waals surface area contributed by atoms with E-state index in [4.69, 9.17) is 21.1 Å². The van der Waals surface area contributed by atoms with Gasteiger partial charge in [-0.05, 0) is 37.3 Å². The Hall–Kier alpha value is -2.99. The topological polar surface area (TPSA) is 65.4 Å². The first-order chi connectivity index (χ1) is 13.0. The Morgan fingerprint density at radius 1 is 1.33 bits per heavy atom. The van der Waals surface area contributed by atoms with Gasteiger partial charge in [0.25, 0.3) is 0 Å². The number of amides is 1. The molecule has 138 valence electrons. The molecule has 27 heavy (non-hydrogen) atoms. The third-order valence-corrected chi connectivity index (χ3v) is 4.65. The van der Waals surface area contributed by atoms with Crippen molar-refractivity contribution in [2.75, 3.05) is 12.4 Å². The Morgan fingerprint density at radius 3 is 3.00 bits per heavy atom. The lowest BCUT2D eigenvalue weighted by Gasteiger charge is -2.20. The summed E-state index contributed by atoms with van der Waals surface area (Å²) in [7, 11) is 1.54. The highest BCUT2D eigenvalue weighted by atomic mass is 35.5. The first kappa shape index (κ1) is 17.4. The fourth-order valence-electron chi connectivity index (χ4n) is 3.18. The zero-order valence-electron chi connectivity index (χ0n) is 15.0. The van der Waals surface area contributed by atoms with E-state index in [1.54, 1.807) is 36.2 Å². The van der Waals surface area contributed by atoms with Gasteiger partial charge in [0, 0.05) is 16.1 Å². The van der Waals surface area contributed by atoms with Crippen LogP contribution in [0.4, 0.5) is 5.69 Å². The highest BCUT2D eigenvalue weighted by molar-refractivity contribution is 6.31. The lowest BCUT2D eigenvalue weighted by Crippen LogP contribution is -2.21. The Kier molecular flexibility index (Phi) is 4.49. The minimum absolute atomic E-state index is 0.0678. The Balaban J connectivity index is 1.61. The molecule has 1 N–H and O–H groups in total. The van der Waals surface area contributed by atoms with Crippen molar-refractivity contribution in [2.45, 2.75) is 20.1 Å². The highest BCUT2D eigenvalue weighted by Gasteiger charge is 2.23. The summed E-state index contributed by atoms with van der Waals surface area (Å²) in [5.74, 6) is 1.12. The van der Waals surface area contributed by atoms with Crippen LogP contribution in [0.1, 0.15) is 11.1 Å². The van der Waals surface area contributed by atoms with Crippen LogP contribution >= 0.6 is 11.6 Å². The lowest BCUT2D eigenvalue weighted by atomic mass is 10.0. The molecule has 0 radical (unpaired) electrons. The quantitative estimate of drug-likeness (QED) is 0.738. The minimum Gasteiger partial charge on any atom is -0.495 e. The van der Waals surface area contributed by atoms with Crippen LogP contribution in [0.15, 0.2) is 42.6 Å². The van der Waals surface area contributed by atoms with E-state index in [1.165, 1.54) is 0 Å². The summed E-state index contributed by atoms with van der Waals surface area (Å²) >= 11 is 6.03. The number of hydrogen-bond donors (Lipinski definition) is 1. The minimum atomic E-state index is -0.220. The smallest absolute Gasteiger partial charge is 0.246 e. The van der Waals surface area contributed by atoms with Crippen molar-refractivity contribution in [1.82, 2.24) is 9.78 Å². The number of nitrogens with zero attached hydrogens (tertiary/aromatic N) is 2. The second kappa shape index (κ2) is 6.96. The van der Waals surface area contributed by atoms with Crippen LogP contribution in [-0.2, 0) is 17.9 Å². The van der Waals surface area contributed by atoms with Crippen molar-refractivity contribution < 1.29 is 14.3 Å². The Bertz CT molecular complexity index is 1030. The lowest BCUT2D eigenvalue weighted by molar-refractivity contribution is -0.116. The fourth-order valence-corrected chi connectivity index (χ4v) is 3.35. The third kappa shape index (κ3) is 3.36. The van der Waals surface area contributed by atoms with Crippen LogP contribution < -0.4 is 14.8 Å². The molecule has 1 aromatic heterocycles. The predicted molar refractivity (Wildman–Crippen MR) is 103 cm³/mol. The normalized spacial score (nSPS) is 12.0. The van der Waals surface area contributed by atoms with Crippen molar-refractivity contribution in [3.8, 4) is 22.8 Å². The standard InChI is InChI=1S/C20H18ClN3O3/c1-12-3-5-17-15(7-12)20-13(11-27-17)9-22-24(20)10-19(25)23-16-8-14(21)4-6-18(16)26-2/h3-9H,10-11H2,1-2H3,(H,23,25). The highest BCUT2D eigenvalue weighted by Crippen LogP contribution is 2.38. The SMILES string of the molecule is COc1ccc(Cl)cc1NC(=O)Cn1ncc2c1-c1cc(C)ccc1OC2. The van der Waals surface area contributed by atoms with Crippen molar-refractivity contribution in [3.05, 3.63) is 58.7 Å². The summed E-state index contributed by atoms with van der Waals surface area (Å²) < 4.78 is 12.7. The van der Waals surface area contributed by atoms with Crippen molar-refractivity contribution in [2.24, 2.45) is 0 Å². The monoisotopic (exact) mass is 383 g/mol. The molecule has 0 atom stereocenters. The molecule has 0 spiro atoms. The molecule has 6 nitrogen and oxygen atoms in total. The molecule has 1 amide bonds. The number of ether oxygens (including phenoxy) is 2. The second-order valence-electron chi connectivity index (χ2n) is 6.36. The molecule has 0 bridgehead atoms. The van der Waals surface area contributed by atoms with Crippen molar-refractivity contribution >= 4 is 23.2 Å². The van der Waals surface area contributed by atoms with Gasteiger partial charge in [0.1, 0.15) is 24.7 Å². The molecule has 0 saturated heterocycles. The average molecular weight is 384 g/mol. The predicted octanol–water partition coefficient (Wildman–Crippen LogP) is 4.05. The maximum Gasteiger partial charge on any atom is 0.246 e. The largest absolute Gasteiger partial charge is 0.495 e. The molecule has 3 aromatic rings. The molecule has 0 unspecified atom stereocenters. The molecule has 2 aromatic carbocycles. The van der Waals surface area contributed by atoms with Gasteiger partial charge in [-0.15, -0.1) is 0 Å².